The highest BCUT2D eigenvalue weighted by Crippen LogP contribution is 2.31. The summed E-state index contributed by atoms with van der Waals surface area (Å²) >= 11 is 0. The largest absolute Gasteiger partial charge is 0.474 e. The van der Waals surface area contributed by atoms with E-state index in [-0.39, 0.29) is 24.0 Å². The maximum Gasteiger partial charge on any atom is 0.416 e. The summed E-state index contributed by atoms with van der Waals surface area (Å²) in [5.41, 5.74) is 2.23. The Morgan fingerprint density at radius 3 is 2.12 bits per heavy atom. The number of ether oxygens (including phenoxy) is 2. The van der Waals surface area contributed by atoms with Crippen LogP contribution in [0.5, 0.6) is 5.88 Å². The number of hydrogen-bond acceptors (Lipinski definition) is 7. The molecule has 2 aromatic carbocycles. The van der Waals surface area contributed by atoms with Crippen molar-refractivity contribution in [1.29, 1.82) is 0 Å². The predicted molar refractivity (Wildman–Crippen MR) is 155 cm³/mol. The number of nitrogens with one attached hydrogen (secondary N) is 1. The zero-order chi connectivity index (χ0) is 30.4. The Balaban J connectivity index is 1.03. The van der Waals surface area contributed by atoms with Gasteiger partial charge in [0.1, 0.15) is 6.10 Å². The quantitative estimate of drug-likeness (QED) is 0.352. The van der Waals surface area contributed by atoms with Crippen molar-refractivity contribution in [1.82, 2.24) is 15.2 Å². The normalized spacial score (nSPS) is 17.0. The van der Waals surface area contributed by atoms with Gasteiger partial charge < -0.3 is 19.7 Å². The van der Waals surface area contributed by atoms with E-state index in [1.54, 1.807) is 24.3 Å². The van der Waals surface area contributed by atoms with Crippen molar-refractivity contribution in [3.63, 3.8) is 0 Å². The fourth-order valence-electron chi connectivity index (χ4n) is 5.47. The van der Waals surface area contributed by atoms with Gasteiger partial charge in [0.15, 0.2) is 0 Å². The van der Waals surface area contributed by atoms with Crippen molar-refractivity contribution in [3.05, 3.63) is 89.1 Å². The van der Waals surface area contributed by atoms with Crippen LogP contribution in [0.2, 0.25) is 0 Å². The van der Waals surface area contributed by atoms with Gasteiger partial charge in [-0.3, -0.25) is 9.69 Å². The number of carbonyl (C=O) groups excluding carboxylic acids is 2. The summed E-state index contributed by atoms with van der Waals surface area (Å²) in [7, 11) is 1.37. The molecule has 0 bridgehead atoms. The molecule has 2 aliphatic heterocycles. The number of esters is 1. The molecule has 8 nitrogen and oxygen atoms in total. The van der Waals surface area contributed by atoms with E-state index in [9.17, 15) is 22.8 Å². The lowest BCUT2D eigenvalue weighted by Gasteiger charge is -2.33. The average molecular weight is 597 g/mol. The number of pyridine rings is 1. The molecule has 1 amide bonds. The Morgan fingerprint density at radius 2 is 1.53 bits per heavy atom. The molecule has 0 atom stereocenters. The van der Waals surface area contributed by atoms with E-state index in [1.165, 1.54) is 25.4 Å². The van der Waals surface area contributed by atoms with Crippen LogP contribution in [0.15, 0.2) is 66.9 Å². The first-order chi connectivity index (χ1) is 20.7. The number of piperidine rings is 2. The Bertz CT molecular complexity index is 1370. The van der Waals surface area contributed by atoms with Gasteiger partial charge in [-0.05, 0) is 60.9 Å². The lowest BCUT2D eigenvalue weighted by Crippen LogP contribution is -2.44. The molecule has 11 heteroatoms. The maximum atomic E-state index is 12.8. The number of rotatable bonds is 8. The number of benzene rings is 2. The molecule has 2 aliphatic rings. The van der Waals surface area contributed by atoms with Crippen molar-refractivity contribution in [2.75, 3.05) is 38.2 Å². The van der Waals surface area contributed by atoms with E-state index < -0.39 is 11.7 Å². The van der Waals surface area contributed by atoms with Crippen molar-refractivity contribution in [2.45, 2.75) is 50.6 Å². The Labute approximate surface area is 248 Å². The van der Waals surface area contributed by atoms with Crippen LogP contribution in [0, 0.1) is 0 Å². The summed E-state index contributed by atoms with van der Waals surface area (Å²) in [4.78, 5) is 33.2. The maximum absolute atomic E-state index is 12.8. The summed E-state index contributed by atoms with van der Waals surface area (Å²) in [6.07, 6.45) is 0.219. The fraction of sp³-hybridized carbons (Fsp3) is 0.406. The number of aromatic nitrogens is 1. The summed E-state index contributed by atoms with van der Waals surface area (Å²) in [6, 6.07) is 16.1. The number of carbonyl (C=O) groups is 2. The predicted octanol–water partition coefficient (Wildman–Crippen LogP) is 5.33. The highest BCUT2D eigenvalue weighted by molar-refractivity contribution is 5.94. The average Bonchev–Trinajstić information content (AvgIpc) is 3.02. The highest BCUT2D eigenvalue weighted by Gasteiger charge is 2.30. The van der Waals surface area contributed by atoms with Gasteiger partial charge in [-0.15, -0.1) is 0 Å². The standard InChI is InChI=1S/C32H35F3N4O4/c1-42-31(41)23-4-2-22(3-5-23)21-38-16-12-26(13-17-38)37-30(40)24-6-11-29(36-20-24)43-28-14-18-39(19-15-28)27-9-7-25(8-10-27)32(33,34)35/h2-11,20,26,28H,12-19,21H2,1H3,(H,37,40). The minimum atomic E-state index is -4.34. The van der Waals surface area contributed by atoms with Crippen LogP contribution in [0.1, 0.15) is 57.5 Å². The molecule has 43 heavy (non-hydrogen) atoms. The van der Waals surface area contributed by atoms with Crippen LogP contribution in [0.25, 0.3) is 0 Å². The number of halogens is 3. The molecule has 2 saturated heterocycles. The third-order valence-electron chi connectivity index (χ3n) is 7.99. The first-order valence-electron chi connectivity index (χ1n) is 14.4. The molecule has 3 aromatic rings. The van der Waals surface area contributed by atoms with Crippen LogP contribution < -0.4 is 15.0 Å². The number of amides is 1. The third-order valence-corrected chi connectivity index (χ3v) is 7.99. The number of likely N-dealkylation sites (tertiary alicyclic amines) is 1. The van der Waals surface area contributed by atoms with Gasteiger partial charge in [0.25, 0.3) is 5.91 Å². The Morgan fingerprint density at radius 1 is 0.884 bits per heavy atom. The molecule has 1 aromatic heterocycles. The smallest absolute Gasteiger partial charge is 0.416 e. The van der Waals surface area contributed by atoms with Crippen LogP contribution in [-0.2, 0) is 17.5 Å². The molecule has 0 saturated carbocycles. The molecule has 0 spiro atoms. The molecule has 0 unspecified atom stereocenters. The SMILES string of the molecule is COC(=O)c1ccc(CN2CCC(NC(=O)c3ccc(OC4CCN(c5ccc(C(F)(F)F)cc5)CC4)nc3)CC2)cc1. The molecule has 0 radical (unpaired) electrons. The van der Waals surface area contributed by atoms with Crippen molar-refractivity contribution >= 4 is 17.6 Å². The number of nitrogens with zero attached hydrogens (tertiary/aromatic N) is 3. The van der Waals surface area contributed by atoms with Gasteiger partial charge in [0.2, 0.25) is 5.88 Å². The third kappa shape index (κ3) is 8.04. The molecular weight excluding hydrogens is 561 g/mol. The molecule has 228 valence electrons. The first kappa shape index (κ1) is 30.3. The minimum absolute atomic E-state index is 0.0613. The van der Waals surface area contributed by atoms with Gasteiger partial charge >= 0.3 is 12.1 Å². The van der Waals surface area contributed by atoms with Crippen LogP contribution in [-0.4, -0.2) is 67.2 Å². The number of hydrogen-bond donors (Lipinski definition) is 1. The monoisotopic (exact) mass is 596 g/mol. The van der Waals surface area contributed by atoms with E-state index >= 15 is 0 Å². The molecule has 5 rings (SSSR count). The number of alkyl halides is 3. The van der Waals surface area contributed by atoms with E-state index in [0.717, 1.165) is 55.9 Å². The van der Waals surface area contributed by atoms with E-state index in [2.05, 4.69) is 20.1 Å². The van der Waals surface area contributed by atoms with Crippen LogP contribution in [0.3, 0.4) is 0 Å². The van der Waals surface area contributed by atoms with Gasteiger partial charge in [0.05, 0.1) is 23.8 Å². The second-order valence-corrected chi connectivity index (χ2v) is 10.9. The van der Waals surface area contributed by atoms with E-state index in [0.29, 0.717) is 42.9 Å². The summed E-state index contributed by atoms with van der Waals surface area (Å²) in [6.45, 7) is 3.81. The lowest BCUT2D eigenvalue weighted by molar-refractivity contribution is -0.137. The number of anilines is 1. The van der Waals surface area contributed by atoms with E-state index in [4.69, 9.17) is 9.47 Å². The van der Waals surface area contributed by atoms with Gasteiger partial charge in [-0.1, -0.05) is 12.1 Å². The van der Waals surface area contributed by atoms with Crippen molar-refractivity contribution < 1.29 is 32.2 Å². The highest BCUT2D eigenvalue weighted by atomic mass is 19.4. The number of methoxy groups -OCH3 is 1. The van der Waals surface area contributed by atoms with Crippen LogP contribution >= 0.6 is 0 Å². The van der Waals surface area contributed by atoms with Gasteiger partial charge in [-0.2, -0.15) is 13.2 Å². The topological polar surface area (TPSA) is 84.0 Å². The Hall–Kier alpha value is -4.12. The van der Waals surface area contributed by atoms with Crippen molar-refractivity contribution in [2.24, 2.45) is 0 Å². The van der Waals surface area contributed by atoms with E-state index in [1.807, 2.05) is 12.1 Å². The second kappa shape index (κ2) is 13.5. The Kier molecular flexibility index (Phi) is 9.49. The molecule has 1 N–H and O–H groups in total. The van der Waals surface area contributed by atoms with Gasteiger partial charge in [0, 0.05) is 69.6 Å². The zero-order valence-corrected chi connectivity index (χ0v) is 24.0. The lowest BCUT2D eigenvalue weighted by atomic mass is 10.0. The van der Waals surface area contributed by atoms with Crippen LogP contribution in [0.4, 0.5) is 18.9 Å². The minimum Gasteiger partial charge on any atom is -0.474 e. The molecular formula is C32H35F3N4O4. The van der Waals surface area contributed by atoms with Crippen molar-refractivity contribution in [3.8, 4) is 5.88 Å². The first-order valence-corrected chi connectivity index (χ1v) is 14.4. The fourth-order valence-corrected chi connectivity index (χ4v) is 5.47. The summed E-state index contributed by atoms with van der Waals surface area (Å²) < 4.78 is 49.3. The molecule has 3 heterocycles. The summed E-state index contributed by atoms with van der Waals surface area (Å²) in [5, 5.41) is 3.11. The van der Waals surface area contributed by atoms with Gasteiger partial charge in [-0.25, -0.2) is 9.78 Å². The second-order valence-electron chi connectivity index (χ2n) is 10.9. The molecule has 0 aliphatic carbocycles. The molecule has 2 fully saturated rings. The summed E-state index contributed by atoms with van der Waals surface area (Å²) in [5.74, 6) is -0.0726. The zero-order valence-electron chi connectivity index (χ0n) is 24.0.